The number of benzene rings is 1. The first kappa shape index (κ1) is 22.5. The lowest BCUT2D eigenvalue weighted by Crippen LogP contribution is -2.40. The van der Waals surface area contributed by atoms with E-state index in [1.807, 2.05) is 6.92 Å². The van der Waals surface area contributed by atoms with E-state index in [2.05, 4.69) is 15.6 Å². The summed E-state index contributed by atoms with van der Waals surface area (Å²) in [5, 5.41) is 16.4. The number of aliphatic hydroxyl groups is 1. The molecule has 2 aromatic rings. The molecule has 0 fully saturated rings. The van der Waals surface area contributed by atoms with E-state index in [0.717, 1.165) is 4.88 Å². The molecular formula is C19H25ClF2N4OS. The molecule has 0 radical (unpaired) electrons. The Bertz CT molecular complexity index is 780. The number of nitrogens with one attached hydrogen (secondary N) is 2. The maximum atomic E-state index is 14.2. The molecule has 0 saturated heterocycles. The molecule has 1 aromatic heterocycles. The molecule has 0 aliphatic heterocycles. The summed E-state index contributed by atoms with van der Waals surface area (Å²) in [5.41, 5.74) is -0.0136. The van der Waals surface area contributed by atoms with Crippen molar-refractivity contribution in [1.29, 1.82) is 0 Å². The molecule has 2 rings (SSSR count). The minimum atomic E-state index is -0.741. The fraction of sp³-hybridized carbons (Fsp3) is 0.421. The first-order valence-corrected chi connectivity index (χ1v) is 10.1. The maximum Gasteiger partial charge on any atom is 0.191 e. The van der Waals surface area contributed by atoms with Crippen molar-refractivity contribution < 1.29 is 13.9 Å². The number of halogens is 3. The second-order valence-corrected chi connectivity index (χ2v) is 8.12. The summed E-state index contributed by atoms with van der Waals surface area (Å²) in [6.07, 6.45) is -0.741. The van der Waals surface area contributed by atoms with E-state index in [0.29, 0.717) is 16.8 Å². The Morgan fingerprint density at radius 2 is 1.89 bits per heavy atom. The molecule has 0 bridgehead atoms. The third-order valence-electron chi connectivity index (χ3n) is 4.11. The SMILES string of the molecule is CCNC(=NCC(c1c(F)cccc1F)N(C)C)NCC(O)c1ccc(Cl)s1. The van der Waals surface area contributed by atoms with Crippen LogP contribution in [0.3, 0.4) is 0 Å². The molecule has 0 aliphatic carbocycles. The van der Waals surface area contributed by atoms with Gasteiger partial charge in [-0.15, -0.1) is 11.3 Å². The zero-order chi connectivity index (χ0) is 20.7. The maximum absolute atomic E-state index is 14.2. The first-order valence-electron chi connectivity index (χ1n) is 8.89. The Morgan fingerprint density at radius 1 is 1.21 bits per heavy atom. The minimum absolute atomic E-state index is 0.0136. The number of likely N-dealkylation sites (N-methyl/N-ethyl adjacent to an activating group) is 1. The summed E-state index contributed by atoms with van der Waals surface area (Å²) in [7, 11) is 3.49. The van der Waals surface area contributed by atoms with Gasteiger partial charge in [0.05, 0.1) is 16.9 Å². The Morgan fingerprint density at radius 3 is 2.43 bits per heavy atom. The number of aliphatic hydroxyl groups excluding tert-OH is 1. The van der Waals surface area contributed by atoms with Gasteiger partial charge in [-0.1, -0.05) is 17.7 Å². The van der Waals surface area contributed by atoms with Crippen LogP contribution in [0.4, 0.5) is 8.78 Å². The summed E-state index contributed by atoms with van der Waals surface area (Å²) in [5.74, 6) is -0.749. The summed E-state index contributed by atoms with van der Waals surface area (Å²) in [6, 6.07) is 6.75. The largest absolute Gasteiger partial charge is 0.386 e. The molecular weight excluding hydrogens is 406 g/mol. The molecule has 1 heterocycles. The molecule has 2 atom stereocenters. The number of guanidine groups is 1. The predicted molar refractivity (Wildman–Crippen MR) is 111 cm³/mol. The third-order valence-corrected chi connectivity index (χ3v) is 5.44. The Labute approximate surface area is 173 Å². The van der Waals surface area contributed by atoms with Gasteiger partial charge in [0.25, 0.3) is 0 Å². The molecule has 1 aromatic carbocycles. The quantitative estimate of drug-likeness (QED) is 0.442. The first-order chi connectivity index (χ1) is 13.3. The van der Waals surface area contributed by atoms with Crippen molar-refractivity contribution in [3.63, 3.8) is 0 Å². The topological polar surface area (TPSA) is 59.9 Å². The monoisotopic (exact) mass is 430 g/mol. The third kappa shape index (κ3) is 6.13. The van der Waals surface area contributed by atoms with Crippen molar-refractivity contribution in [2.24, 2.45) is 4.99 Å². The van der Waals surface area contributed by atoms with Gasteiger partial charge in [0.15, 0.2) is 5.96 Å². The van der Waals surface area contributed by atoms with Gasteiger partial charge in [0.1, 0.15) is 17.7 Å². The highest BCUT2D eigenvalue weighted by Crippen LogP contribution is 2.27. The van der Waals surface area contributed by atoms with Crippen molar-refractivity contribution in [3.05, 3.63) is 56.7 Å². The minimum Gasteiger partial charge on any atom is -0.386 e. The average Bonchev–Trinajstić information content (AvgIpc) is 3.07. The van der Waals surface area contributed by atoms with E-state index in [1.165, 1.54) is 29.5 Å². The zero-order valence-electron chi connectivity index (χ0n) is 16.0. The van der Waals surface area contributed by atoms with Gasteiger partial charge >= 0.3 is 0 Å². The highest BCUT2D eigenvalue weighted by atomic mass is 35.5. The van der Waals surface area contributed by atoms with Gasteiger partial charge in [-0.2, -0.15) is 0 Å². The summed E-state index contributed by atoms with van der Waals surface area (Å²) < 4.78 is 29.0. The number of hydrogen-bond acceptors (Lipinski definition) is 4. The number of nitrogens with zero attached hydrogens (tertiary/aromatic N) is 2. The lowest BCUT2D eigenvalue weighted by atomic mass is 10.0. The molecule has 3 N–H and O–H groups in total. The molecule has 9 heteroatoms. The highest BCUT2D eigenvalue weighted by molar-refractivity contribution is 7.16. The van der Waals surface area contributed by atoms with Crippen LogP contribution in [0.5, 0.6) is 0 Å². The van der Waals surface area contributed by atoms with Crippen LogP contribution in [0.1, 0.15) is 29.5 Å². The zero-order valence-corrected chi connectivity index (χ0v) is 17.6. The van der Waals surface area contributed by atoms with E-state index in [1.54, 1.807) is 31.1 Å². The number of aliphatic imine (C=N–C) groups is 1. The van der Waals surface area contributed by atoms with Crippen molar-refractivity contribution >= 4 is 28.9 Å². The Balaban J connectivity index is 2.10. The molecule has 0 saturated carbocycles. The van der Waals surface area contributed by atoms with E-state index >= 15 is 0 Å². The van der Waals surface area contributed by atoms with Crippen molar-refractivity contribution in [3.8, 4) is 0 Å². The van der Waals surface area contributed by atoms with Crippen LogP contribution < -0.4 is 10.6 Å². The van der Waals surface area contributed by atoms with Gasteiger partial charge < -0.3 is 20.6 Å². The molecule has 0 aliphatic rings. The molecule has 154 valence electrons. The highest BCUT2D eigenvalue weighted by Gasteiger charge is 2.22. The smallest absolute Gasteiger partial charge is 0.191 e. The molecule has 5 nitrogen and oxygen atoms in total. The fourth-order valence-corrected chi connectivity index (χ4v) is 3.71. The van der Waals surface area contributed by atoms with Crippen LogP contribution in [-0.2, 0) is 0 Å². The second-order valence-electron chi connectivity index (χ2n) is 6.37. The standard InChI is InChI=1S/C19H25ClF2N4OS/c1-4-23-19(25-11-15(27)16-8-9-17(20)28-16)24-10-14(26(2)3)18-12(21)6-5-7-13(18)22/h5-9,14-15,27H,4,10-11H2,1-3H3,(H2,23,24,25). The predicted octanol–water partition coefficient (Wildman–Crippen LogP) is 3.57. The van der Waals surface area contributed by atoms with Crippen LogP contribution in [-0.4, -0.2) is 49.7 Å². The second kappa shape index (κ2) is 10.7. The van der Waals surface area contributed by atoms with Gasteiger partial charge in [-0.25, -0.2) is 8.78 Å². The lowest BCUT2D eigenvalue weighted by Gasteiger charge is -2.24. The molecule has 28 heavy (non-hydrogen) atoms. The lowest BCUT2D eigenvalue weighted by molar-refractivity contribution is 0.184. The van der Waals surface area contributed by atoms with Crippen molar-refractivity contribution in [2.75, 3.05) is 33.7 Å². The van der Waals surface area contributed by atoms with E-state index < -0.39 is 23.8 Å². The summed E-state index contributed by atoms with van der Waals surface area (Å²) in [4.78, 5) is 6.91. The number of thiophene rings is 1. The molecule has 0 amide bonds. The average molecular weight is 431 g/mol. The summed E-state index contributed by atoms with van der Waals surface area (Å²) in [6.45, 7) is 2.88. The van der Waals surface area contributed by atoms with Crippen molar-refractivity contribution in [2.45, 2.75) is 19.1 Å². The Kier molecular flexibility index (Phi) is 8.62. The van der Waals surface area contributed by atoms with E-state index in [9.17, 15) is 13.9 Å². The van der Waals surface area contributed by atoms with Gasteiger partial charge in [0.2, 0.25) is 0 Å². The van der Waals surface area contributed by atoms with Gasteiger partial charge in [-0.3, -0.25) is 4.99 Å². The number of hydrogen-bond donors (Lipinski definition) is 3. The molecule has 0 spiro atoms. The van der Waals surface area contributed by atoms with E-state index in [-0.39, 0.29) is 18.7 Å². The van der Waals surface area contributed by atoms with Gasteiger partial charge in [-0.05, 0) is 45.3 Å². The van der Waals surface area contributed by atoms with Crippen LogP contribution in [0, 0.1) is 11.6 Å². The normalized spacial score (nSPS) is 14.2. The summed E-state index contributed by atoms with van der Waals surface area (Å²) >= 11 is 7.21. The van der Waals surface area contributed by atoms with Crippen LogP contribution in [0.15, 0.2) is 35.3 Å². The van der Waals surface area contributed by atoms with Crippen molar-refractivity contribution in [1.82, 2.24) is 15.5 Å². The van der Waals surface area contributed by atoms with Crippen LogP contribution in [0.25, 0.3) is 0 Å². The van der Waals surface area contributed by atoms with Crippen LogP contribution >= 0.6 is 22.9 Å². The molecule has 2 unspecified atom stereocenters. The van der Waals surface area contributed by atoms with E-state index in [4.69, 9.17) is 11.6 Å². The Hall–Kier alpha value is -1.74. The fourth-order valence-electron chi connectivity index (χ4n) is 2.66. The van der Waals surface area contributed by atoms with Gasteiger partial charge in [0, 0.05) is 23.5 Å². The number of rotatable bonds is 8. The van der Waals surface area contributed by atoms with Crippen LogP contribution in [0.2, 0.25) is 4.34 Å².